The molecule has 0 aliphatic carbocycles. The maximum Gasteiger partial charge on any atom is 0.222 e. The van der Waals surface area contributed by atoms with E-state index in [-0.39, 0.29) is 0 Å². The van der Waals surface area contributed by atoms with Crippen molar-refractivity contribution in [1.29, 1.82) is 0 Å². The fourth-order valence-electron chi connectivity index (χ4n) is 2.47. The average Bonchev–Trinajstić information content (AvgIpc) is 3.17. The van der Waals surface area contributed by atoms with Crippen LogP contribution in [0.1, 0.15) is 23.6 Å². The highest BCUT2D eigenvalue weighted by atomic mass is 16.5. The molecule has 0 spiro atoms. The maximum atomic E-state index is 5.85. The quantitative estimate of drug-likeness (QED) is 0.851. The van der Waals surface area contributed by atoms with E-state index in [9.17, 15) is 0 Å². The molecule has 0 radical (unpaired) electrons. The van der Waals surface area contributed by atoms with Crippen molar-refractivity contribution < 1.29 is 4.74 Å². The van der Waals surface area contributed by atoms with Gasteiger partial charge >= 0.3 is 0 Å². The van der Waals surface area contributed by atoms with Gasteiger partial charge in [-0.1, -0.05) is 0 Å². The molecule has 7 nitrogen and oxygen atoms in total. The highest BCUT2D eigenvalue weighted by Crippen LogP contribution is 2.26. The number of anilines is 2. The Balaban J connectivity index is 1.71. The molecule has 2 aromatic heterocycles. The van der Waals surface area contributed by atoms with Crippen LogP contribution in [0.4, 0.5) is 11.8 Å². The third-order valence-electron chi connectivity index (χ3n) is 3.78. The second kappa shape index (κ2) is 6.09. The summed E-state index contributed by atoms with van der Waals surface area (Å²) in [4.78, 5) is 10.8. The first-order valence-electron chi connectivity index (χ1n) is 7.13. The van der Waals surface area contributed by atoms with Crippen molar-refractivity contribution in [2.45, 2.75) is 18.8 Å². The van der Waals surface area contributed by atoms with Gasteiger partial charge in [0.1, 0.15) is 5.82 Å². The van der Waals surface area contributed by atoms with Gasteiger partial charge in [0.2, 0.25) is 5.95 Å². The minimum absolute atomic E-state index is 0.324. The van der Waals surface area contributed by atoms with Crippen molar-refractivity contribution in [2.24, 2.45) is 0 Å². The average molecular weight is 288 g/mol. The van der Waals surface area contributed by atoms with Crippen molar-refractivity contribution >= 4 is 11.8 Å². The van der Waals surface area contributed by atoms with Gasteiger partial charge in [-0.25, -0.2) is 4.98 Å². The van der Waals surface area contributed by atoms with E-state index in [1.54, 1.807) is 0 Å². The van der Waals surface area contributed by atoms with E-state index >= 15 is 0 Å². The Morgan fingerprint density at radius 3 is 3.10 bits per heavy atom. The lowest BCUT2D eigenvalue weighted by molar-refractivity contribution is 0.193. The van der Waals surface area contributed by atoms with Gasteiger partial charge in [0.15, 0.2) is 0 Å². The number of nitrogens with one attached hydrogen (secondary N) is 1. The summed E-state index contributed by atoms with van der Waals surface area (Å²) in [5, 5.41) is 6.77. The Labute approximate surface area is 123 Å². The smallest absolute Gasteiger partial charge is 0.222 e. The summed E-state index contributed by atoms with van der Waals surface area (Å²) in [6, 6.07) is 2.02. The Kier molecular flexibility index (Phi) is 4.01. The fraction of sp³-hybridized carbons (Fsp3) is 0.500. The lowest BCUT2D eigenvalue weighted by Gasteiger charge is -2.19. The summed E-state index contributed by atoms with van der Waals surface area (Å²) in [6.07, 6.45) is 5.64. The first kappa shape index (κ1) is 13.8. The number of hydrogen-bond donors (Lipinski definition) is 2. The molecule has 3 rings (SSSR count). The molecule has 112 valence electrons. The second-order valence-electron chi connectivity index (χ2n) is 5.35. The van der Waals surface area contributed by atoms with E-state index < -0.39 is 0 Å². The van der Waals surface area contributed by atoms with Crippen LogP contribution in [0, 0.1) is 0 Å². The van der Waals surface area contributed by atoms with Crippen LogP contribution in [0.5, 0.6) is 0 Å². The first-order chi connectivity index (χ1) is 10.2. The molecule has 0 saturated carbocycles. The third kappa shape index (κ3) is 3.30. The molecule has 0 amide bonds. The predicted octanol–water partition coefficient (Wildman–Crippen LogP) is 0.965. The van der Waals surface area contributed by atoms with Gasteiger partial charge in [-0.05, 0) is 18.4 Å². The molecule has 0 aromatic carbocycles. The van der Waals surface area contributed by atoms with Crippen LogP contribution < -0.4 is 10.6 Å². The topological polar surface area (TPSA) is 93.0 Å². The van der Waals surface area contributed by atoms with E-state index in [1.165, 1.54) is 5.56 Å². The van der Waals surface area contributed by atoms with E-state index in [0.29, 0.717) is 18.5 Å². The molecule has 1 aliphatic rings. The van der Waals surface area contributed by atoms with Crippen molar-refractivity contribution in [3.05, 3.63) is 29.7 Å². The van der Waals surface area contributed by atoms with Crippen molar-refractivity contribution in [3.63, 3.8) is 0 Å². The summed E-state index contributed by atoms with van der Waals surface area (Å²) in [6.45, 7) is 2.35. The van der Waals surface area contributed by atoms with Crippen molar-refractivity contribution in [1.82, 2.24) is 20.2 Å². The third-order valence-corrected chi connectivity index (χ3v) is 3.78. The van der Waals surface area contributed by atoms with Gasteiger partial charge < -0.3 is 15.4 Å². The molecule has 1 atom stereocenters. The molecule has 2 aromatic rings. The Bertz CT molecular complexity index is 579. The van der Waals surface area contributed by atoms with Gasteiger partial charge in [-0.2, -0.15) is 10.1 Å². The van der Waals surface area contributed by atoms with Gasteiger partial charge in [-0.3, -0.25) is 5.10 Å². The van der Waals surface area contributed by atoms with Crippen LogP contribution in [0.3, 0.4) is 0 Å². The molecule has 1 fully saturated rings. The molecule has 0 unspecified atom stereocenters. The number of ether oxygens (including phenoxy) is 1. The lowest BCUT2D eigenvalue weighted by atomic mass is 10.0. The molecule has 0 bridgehead atoms. The number of aromatic amines is 1. The standard InChI is InChI=1S/C14H20N6O/c1-20(4-2-10-7-16-17-8-10)13-6-12(18-14(15)19-13)11-3-5-21-9-11/h6-8,11H,2-5,9H2,1H3,(H,16,17)(H2,15,18,19)/t11-/m1/s1. The van der Waals surface area contributed by atoms with Crippen LogP contribution in [-0.4, -0.2) is 47.0 Å². The molecule has 3 N–H and O–H groups in total. The number of nitrogens with zero attached hydrogens (tertiary/aromatic N) is 4. The number of nitrogens with two attached hydrogens (primary N) is 1. The maximum absolute atomic E-state index is 5.85. The summed E-state index contributed by atoms with van der Waals surface area (Å²) >= 11 is 0. The van der Waals surface area contributed by atoms with Crippen LogP contribution in [0.25, 0.3) is 0 Å². The van der Waals surface area contributed by atoms with Crippen LogP contribution in [0.15, 0.2) is 18.5 Å². The molecular formula is C14H20N6O. The van der Waals surface area contributed by atoms with Gasteiger partial charge in [0.05, 0.1) is 18.5 Å². The molecule has 1 aliphatic heterocycles. The predicted molar refractivity (Wildman–Crippen MR) is 80.2 cm³/mol. The Morgan fingerprint density at radius 1 is 1.48 bits per heavy atom. The van der Waals surface area contributed by atoms with E-state index in [0.717, 1.165) is 37.5 Å². The van der Waals surface area contributed by atoms with Crippen molar-refractivity contribution in [2.75, 3.05) is 37.4 Å². The zero-order valence-electron chi connectivity index (χ0n) is 12.1. The van der Waals surface area contributed by atoms with Crippen LogP contribution in [0.2, 0.25) is 0 Å². The number of H-pyrrole nitrogens is 1. The van der Waals surface area contributed by atoms with Gasteiger partial charge in [-0.15, -0.1) is 0 Å². The van der Waals surface area contributed by atoms with E-state index in [1.807, 2.05) is 25.5 Å². The molecular weight excluding hydrogens is 268 g/mol. The highest BCUT2D eigenvalue weighted by Gasteiger charge is 2.21. The largest absolute Gasteiger partial charge is 0.381 e. The zero-order chi connectivity index (χ0) is 14.7. The van der Waals surface area contributed by atoms with E-state index in [2.05, 4.69) is 25.1 Å². The summed E-state index contributed by atoms with van der Waals surface area (Å²) in [7, 11) is 2.01. The summed E-state index contributed by atoms with van der Waals surface area (Å²) in [5.41, 5.74) is 8.00. The minimum Gasteiger partial charge on any atom is -0.381 e. The monoisotopic (exact) mass is 288 g/mol. The second-order valence-corrected chi connectivity index (χ2v) is 5.35. The Morgan fingerprint density at radius 2 is 2.38 bits per heavy atom. The van der Waals surface area contributed by atoms with Crippen LogP contribution in [-0.2, 0) is 11.2 Å². The normalized spacial score (nSPS) is 18.0. The van der Waals surface area contributed by atoms with Crippen LogP contribution >= 0.6 is 0 Å². The lowest BCUT2D eigenvalue weighted by Crippen LogP contribution is -2.22. The SMILES string of the molecule is CN(CCc1cn[nH]c1)c1cc([C@@H]2CCOC2)nc(N)n1. The number of nitrogen functional groups attached to an aromatic ring is 1. The molecule has 21 heavy (non-hydrogen) atoms. The van der Waals surface area contributed by atoms with Crippen molar-refractivity contribution in [3.8, 4) is 0 Å². The minimum atomic E-state index is 0.324. The Hall–Kier alpha value is -2.15. The zero-order valence-corrected chi connectivity index (χ0v) is 12.1. The summed E-state index contributed by atoms with van der Waals surface area (Å²) in [5.74, 6) is 1.51. The molecule has 3 heterocycles. The fourth-order valence-corrected chi connectivity index (χ4v) is 2.47. The molecule has 1 saturated heterocycles. The molecule has 7 heteroatoms. The first-order valence-corrected chi connectivity index (χ1v) is 7.13. The number of hydrogen-bond acceptors (Lipinski definition) is 6. The summed E-state index contributed by atoms with van der Waals surface area (Å²) < 4.78 is 5.42. The number of aromatic nitrogens is 4. The van der Waals surface area contributed by atoms with Gasteiger partial charge in [0, 0.05) is 38.4 Å². The highest BCUT2D eigenvalue weighted by molar-refractivity contribution is 5.43. The van der Waals surface area contributed by atoms with Gasteiger partial charge in [0.25, 0.3) is 0 Å². The number of likely N-dealkylation sites (N-methyl/N-ethyl adjacent to an activating group) is 1. The number of rotatable bonds is 5. The van der Waals surface area contributed by atoms with E-state index in [4.69, 9.17) is 10.5 Å².